The zero-order valence-electron chi connectivity index (χ0n) is 8.58. The van der Waals surface area contributed by atoms with Crippen molar-refractivity contribution in [2.24, 2.45) is 0 Å². The third-order valence-corrected chi connectivity index (χ3v) is 1.98. The Hall–Kier alpha value is -2.24. The van der Waals surface area contributed by atoms with E-state index < -0.39 is 11.5 Å². The van der Waals surface area contributed by atoms with E-state index >= 15 is 0 Å². The van der Waals surface area contributed by atoms with Crippen LogP contribution in [0.2, 0.25) is 0 Å². The van der Waals surface area contributed by atoms with Crippen molar-refractivity contribution in [1.29, 1.82) is 0 Å². The molecule has 2 aromatic heterocycles. The summed E-state index contributed by atoms with van der Waals surface area (Å²) in [6.07, 6.45) is 4.20. The van der Waals surface area contributed by atoms with Crippen molar-refractivity contribution in [3.63, 3.8) is 0 Å². The van der Waals surface area contributed by atoms with Crippen molar-refractivity contribution in [1.82, 2.24) is 14.4 Å². The number of esters is 1. The number of aromatic nitrogens is 3. The van der Waals surface area contributed by atoms with Gasteiger partial charge in [0.05, 0.1) is 12.8 Å². The number of nitrogens with zero attached hydrogens (tertiary/aromatic N) is 3. The average Bonchev–Trinajstić information content (AvgIpc) is 2.30. The first-order valence-corrected chi connectivity index (χ1v) is 4.73. The molecule has 2 rings (SSSR count). The molecule has 0 atom stereocenters. The molecule has 0 fully saturated rings. The van der Waals surface area contributed by atoms with E-state index in [1.807, 2.05) is 0 Å². The van der Waals surface area contributed by atoms with Gasteiger partial charge < -0.3 is 4.74 Å². The lowest BCUT2D eigenvalue weighted by molar-refractivity contribution is 0.0523. The van der Waals surface area contributed by atoms with Gasteiger partial charge in [-0.1, -0.05) is 0 Å². The summed E-state index contributed by atoms with van der Waals surface area (Å²) in [4.78, 5) is 31.0. The molecule has 2 aromatic rings. The highest BCUT2D eigenvalue weighted by molar-refractivity contribution is 5.88. The van der Waals surface area contributed by atoms with Crippen molar-refractivity contribution in [2.75, 3.05) is 6.61 Å². The van der Waals surface area contributed by atoms with Gasteiger partial charge in [0.15, 0.2) is 0 Å². The monoisotopic (exact) mass is 219 g/mol. The number of fused-ring (bicyclic) bond motifs is 1. The molecule has 0 saturated heterocycles. The zero-order valence-corrected chi connectivity index (χ0v) is 8.58. The van der Waals surface area contributed by atoms with Crippen LogP contribution >= 0.6 is 0 Å². The van der Waals surface area contributed by atoms with E-state index in [1.165, 1.54) is 23.0 Å². The van der Waals surface area contributed by atoms with Gasteiger partial charge in [0.25, 0.3) is 5.56 Å². The van der Waals surface area contributed by atoms with Crippen LogP contribution in [-0.2, 0) is 4.74 Å². The molecular formula is C10H9N3O3. The molecule has 0 radical (unpaired) electrons. The Morgan fingerprint density at radius 2 is 2.31 bits per heavy atom. The average molecular weight is 219 g/mol. The molecule has 0 amide bonds. The van der Waals surface area contributed by atoms with Crippen LogP contribution in [0.1, 0.15) is 17.3 Å². The second kappa shape index (κ2) is 4.09. The Morgan fingerprint density at radius 3 is 3.06 bits per heavy atom. The Balaban J connectivity index is 2.61. The largest absolute Gasteiger partial charge is 0.462 e. The van der Waals surface area contributed by atoms with E-state index in [1.54, 1.807) is 13.0 Å². The first-order valence-electron chi connectivity index (χ1n) is 4.73. The van der Waals surface area contributed by atoms with Crippen LogP contribution in [0.5, 0.6) is 0 Å². The molecule has 16 heavy (non-hydrogen) atoms. The van der Waals surface area contributed by atoms with Crippen molar-refractivity contribution < 1.29 is 9.53 Å². The minimum absolute atomic E-state index is 0.0904. The zero-order chi connectivity index (χ0) is 11.5. The Morgan fingerprint density at radius 1 is 1.50 bits per heavy atom. The van der Waals surface area contributed by atoms with E-state index in [2.05, 4.69) is 9.97 Å². The molecular weight excluding hydrogens is 210 g/mol. The van der Waals surface area contributed by atoms with Gasteiger partial charge in [-0.2, -0.15) is 0 Å². The van der Waals surface area contributed by atoms with Gasteiger partial charge in [-0.05, 0) is 13.0 Å². The lowest BCUT2D eigenvalue weighted by atomic mass is 10.3. The summed E-state index contributed by atoms with van der Waals surface area (Å²) in [7, 11) is 0. The van der Waals surface area contributed by atoms with Crippen LogP contribution in [0, 0.1) is 0 Å². The van der Waals surface area contributed by atoms with Crippen LogP contribution < -0.4 is 5.56 Å². The van der Waals surface area contributed by atoms with Crippen LogP contribution in [0.15, 0.2) is 29.5 Å². The summed E-state index contributed by atoms with van der Waals surface area (Å²) in [6, 6.07) is 1.59. The summed E-state index contributed by atoms with van der Waals surface area (Å²) in [5, 5.41) is 0. The third-order valence-electron chi connectivity index (χ3n) is 1.98. The fraction of sp³-hybridized carbons (Fsp3) is 0.200. The molecule has 0 bridgehead atoms. The van der Waals surface area contributed by atoms with Crippen LogP contribution in [0.25, 0.3) is 5.78 Å². The minimum atomic E-state index is -0.668. The molecule has 0 aliphatic rings. The van der Waals surface area contributed by atoms with Gasteiger partial charge in [0.2, 0.25) is 5.78 Å². The molecule has 0 saturated carbocycles. The minimum Gasteiger partial charge on any atom is -0.462 e. The number of carbonyl (C=O) groups is 1. The van der Waals surface area contributed by atoms with Gasteiger partial charge in [-0.15, -0.1) is 0 Å². The molecule has 82 valence electrons. The fourth-order valence-corrected chi connectivity index (χ4v) is 1.27. The van der Waals surface area contributed by atoms with Crippen LogP contribution in [-0.4, -0.2) is 26.9 Å². The highest BCUT2D eigenvalue weighted by Crippen LogP contribution is 1.96. The summed E-state index contributed by atoms with van der Waals surface area (Å²) >= 11 is 0. The SMILES string of the molecule is CCOC(=O)c1cnc2ncccn2c1=O. The molecule has 2 heterocycles. The fourth-order valence-electron chi connectivity index (χ4n) is 1.27. The van der Waals surface area contributed by atoms with Gasteiger partial charge >= 0.3 is 5.97 Å². The molecule has 0 spiro atoms. The maximum Gasteiger partial charge on any atom is 0.345 e. The van der Waals surface area contributed by atoms with E-state index in [9.17, 15) is 9.59 Å². The Labute approximate surface area is 90.5 Å². The highest BCUT2D eigenvalue weighted by atomic mass is 16.5. The van der Waals surface area contributed by atoms with Gasteiger partial charge in [0.1, 0.15) is 5.56 Å². The van der Waals surface area contributed by atoms with Gasteiger partial charge in [0, 0.05) is 12.4 Å². The lowest BCUT2D eigenvalue weighted by Gasteiger charge is -2.02. The summed E-state index contributed by atoms with van der Waals surface area (Å²) in [5.41, 5.74) is -0.566. The molecule has 6 nitrogen and oxygen atoms in total. The van der Waals surface area contributed by atoms with Gasteiger partial charge in [-0.3, -0.25) is 9.20 Å². The highest BCUT2D eigenvalue weighted by Gasteiger charge is 2.13. The van der Waals surface area contributed by atoms with E-state index in [-0.39, 0.29) is 17.9 Å². The molecule has 6 heteroatoms. The van der Waals surface area contributed by atoms with E-state index in [4.69, 9.17) is 4.74 Å². The standard InChI is InChI=1S/C10H9N3O3/c1-2-16-9(15)7-6-12-10-11-4-3-5-13(10)8(7)14/h3-6H,2H2,1H3. The second-order valence-electron chi connectivity index (χ2n) is 2.99. The van der Waals surface area contributed by atoms with E-state index in [0.29, 0.717) is 0 Å². The first kappa shape index (κ1) is 10.3. The third kappa shape index (κ3) is 1.65. The normalized spacial score (nSPS) is 10.3. The quantitative estimate of drug-likeness (QED) is 0.677. The van der Waals surface area contributed by atoms with Crippen molar-refractivity contribution >= 4 is 11.7 Å². The molecule has 0 aliphatic carbocycles. The lowest BCUT2D eigenvalue weighted by Crippen LogP contribution is -2.24. The topological polar surface area (TPSA) is 73.6 Å². The maximum absolute atomic E-state index is 11.8. The Bertz CT molecular complexity index is 591. The Kier molecular flexibility index (Phi) is 2.63. The number of carbonyl (C=O) groups excluding carboxylic acids is 1. The van der Waals surface area contributed by atoms with Crippen molar-refractivity contribution in [3.8, 4) is 0 Å². The summed E-state index contributed by atoms with van der Waals surface area (Å²) < 4.78 is 5.95. The van der Waals surface area contributed by atoms with Crippen LogP contribution in [0.4, 0.5) is 0 Å². The summed E-state index contributed by atoms with van der Waals surface area (Å²) in [6.45, 7) is 1.89. The predicted molar refractivity (Wildman–Crippen MR) is 55.2 cm³/mol. The van der Waals surface area contributed by atoms with Crippen molar-refractivity contribution in [2.45, 2.75) is 6.92 Å². The number of rotatable bonds is 2. The molecule has 0 aliphatic heterocycles. The van der Waals surface area contributed by atoms with Crippen LogP contribution in [0.3, 0.4) is 0 Å². The molecule has 0 N–H and O–H groups in total. The number of ether oxygens (including phenoxy) is 1. The molecule has 0 aromatic carbocycles. The smallest absolute Gasteiger partial charge is 0.345 e. The number of hydrogen-bond acceptors (Lipinski definition) is 5. The maximum atomic E-state index is 11.8. The predicted octanol–water partition coefficient (Wildman–Crippen LogP) is 0.266. The summed E-state index contributed by atoms with van der Waals surface area (Å²) in [5.74, 6) is -0.418. The van der Waals surface area contributed by atoms with E-state index in [0.717, 1.165) is 0 Å². The van der Waals surface area contributed by atoms with Gasteiger partial charge in [-0.25, -0.2) is 14.8 Å². The second-order valence-corrected chi connectivity index (χ2v) is 2.99. The van der Waals surface area contributed by atoms with Crippen molar-refractivity contribution in [3.05, 3.63) is 40.6 Å². The number of hydrogen-bond donors (Lipinski definition) is 0. The molecule has 0 unspecified atom stereocenters. The first-order chi connectivity index (χ1) is 7.74.